The van der Waals surface area contributed by atoms with Crippen molar-refractivity contribution in [2.24, 2.45) is 4.99 Å². The molecule has 1 aromatic carbocycles. The Hall–Kier alpha value is -1.24. The number of hydrogen-bond donors (Lipinski definition) is 2. The fraction of sp³-hybridized carbons (Fsp3) is 0.200. The molecule has 1 aliphatic rings. The second-order valence-corrected chi connectivity index (χ2v) is 6.82. The van der Waals surface area contributed by atoms with E-state index in [-0.39, 0.29) is 11.5 Å². The second-order valence-electron chi connectivity index (χ2n) is 5.11. The van der Waals surface area contributed by atoms with Crippen molar-refractivity contribution in [3.8, 4) is 5.75 Å². The lowest BCUT2D eigenvalue weighted by atomic mass is 9.89. The number of aromatic hydroxyl groups is 1. The predicted molar refractivity (Wildman–Crippen MR) is 89.1 cm³/mol. The van der Waals surface area contributed by atoms with E-state index >= 15 is 0 Å². The van der Waals surface area contributed by atoms with Crippen LogP contribution in [0, 0.1) is 0 Å². The molecule has 2 N–H and O–H groups in total. The number of aliphatic hydroxyl groups is 1. The van der Waals surface area contributed by atoms with E-state index in [4.69, 9.17) is 0 Å². The molecule has 1 aromatic rings. The number of benzene rings is 1. The van der Waals surface area contributed by atoms with Crippen molar-refractivity contribution in [3.63, 3.8) is 0 Å². The number of hydrogen-bond acceptors (Lipinski definition) is 4. The van der Waals surface area contributed by atoms with Crippen LogP contribution in [0.25, 0.3) is 0 Å². The molecule has 0 bridgehead atoms. The van der Waals surface area contributed by atoms with Gasteiger partial charge in [-0.2, -0.15) is 0 Å². The summed E-state index contributed by atoms with van der Waals surface area (Å²) in [5.41, 5.74) is 0.363. The number of aliphatic imine (C=N–C) groups is 1. The molecule has 0 aromatic heterocycles. The summed E-state index contributed by atoms with van der Waals surface area (Å²) < 4.78 is 1.00. The van der Waals surface area contributed by atoms with Crippen molar-refractivity contribution < 1.29 is 15.0 Å². The SMILES string of the molecule is CC(C)(O)C1=CC(=O)C=CC1=Nc1cc(Br)c(O)c(Br)c1. The van der Waals surface area contributed by atoms with Crippen LogP contribution in [0.2, 0.25) is 0 Å². The maximum Gasteiger partial charge on any atom is 0.179 e. The van der Waals surface area contributed by atoms with Crippen LogP contribution in [-0.4, -0.2) is 27.3 Å². The number of halogens is 2. The van der Waals surface area contributed by atoms with E-state index in [0.29, 0.717) is 25.9 Å². The van der Waals surface area contributed by atoms with Gasteiger partial charge in [-0.05, 0) is 76.1 Å². The van der Waals surface area contributed by atoms with Crippen LogP contribution in [0.15, 0.2) is 49.9 Å². The number of allylic oxidation sites excluding steroid dienone is 3. The summed E-state index contributed by atoms with van der Waals surface area (Å²) in [5.74, 6) is -0.0919. The van der Waals surface area contributed by atoms with Crippen molar-refractivity contribution >= 4 is 49.0 Å². The fourth-order valence-electron chi connectivity index (χ4n) is 1.86. The Morgan fingerprint density at radius 3 is 2.24 bits per heavy atom. The molecule has 0 unspecified atom stereocenters. The topological polar surface area (TPSA) is 69.9 Å². The summed E-state index contributed by atoms with van der Waals surface area (Å²) in [5, 5.41) is 19.9. The molecule has 0 amide bonds. The van der Waals surface area contributed by atoms with E-state index in [1.54, 1.807) is 32.1 Å². The minimum absolute atomic E-state index is 0.0894. The zero-order valence-electron chi connectivity index (χ0n) is 11.4. The summed E-state index contributed by atoms with van der Waals surface area (Å²) in [6.07, 6.45) is 4.35. The maximum absolute atomic E-state index is 11.5. The Kier molecular flexibility index (Phi) is 4.51. The van der Waals surface area contributed by atoms with Gasteiger partial charge in [0, 0.05) is 5.57 Å². The van der Waals surface area contributed by atoms with Crippen molar-refractivity contribution in [2.45, 2.75) is 19.4 Å². The summed E-state index contributed by atoms with van der Waals surface area (Å²) in [6, 6.07) is 3.30. The van der Waals surface area contributed by atoms with Crippen molar-refractivity contribution in [1.82, 2.24) is 0 Å². The molecule has 4 nitrogen and oxygen atoms in total. The number of carbonyl (C=O) groups is 1. The summed E-state index contributed by atoms with van der Waals surface area (Å²) >= 11 is 6.48. The van der Waals surface area contributed by atoms with Crippen LogP contribution in [0.3, 0.4) is 0 Å². The lowest BCUT2D eigenvalue weighted by Gasteiger charge is -2.23. The molecule has 0 fully saturated rings. The fourth-order valence-corrected chi connectivity index (χ4v) is 3.02. The van der Waals surface area contributed by atoms with Crippen molar-refractivity contribution in [3.05, 3.63) is 44.9 Å². The van der Waals surface area contributed by atoms with Crippen molar-refractivity contribution in [1.29, 1.82) is 0 Å². The zero-order valence-corrected chi connectivity index (χ0v) is 14.6. The standard InChI is InChI=1S/C15H13Br2NO3/c1-15(2,21)10-7-9(19)3-4-13(10)18-8-5-11(16)14(20)12(17)6-8/h3-7,20-21H,1-2H3. The van der Waals surface area contributed by atoms with Crippen LogP contribution < -0.4 is 0 Å². The van der Waals surface area contributed by atoms with Gasteiger partial charge in [0.25, 0.3) is 0 Å². The van der Waals surface area contributed by atoms with Crippen LogP contribution in [-0.2, 0) is 4.79 Å². The number of phenolic OH excluding ortho intramolecular Hbond substituents is 1. The monoisotopic (exact) mass is 413 g/mol. The highest BCUT2D eigenvalue weighted by atomic mass is 79.9. The third kappa shape index (κ3) is 3.70. The predicted octanol–water partition coefficient (Wildman–Crippen LogP) is 3.83. The molecule has 1 aliphatic carbocycles. The molecule has 0 radical (unpaired) electrons. The van der Waals surface area contributed by atoms with Crippen LogP contribution >= 0.6 is 31.9 Å². The van der Waals surface area contributed by atoms with E-state index in [1.165, 1.54) is 12.2 Å². The van der Waals surface area contributed by atoms with Gasteiger partial charge in [-0.3, -0.25) is 4.79 Å². The van der Waals surface area contributed by atoms with E-state index in [2.05, 4.69) is 36.9 Å². The minimum atomic E-state index is -1.18. The Labute approximate surface area is 139 Å². The largest absolute Gasteiger partial charge is 0.506 e. The van der Waals surface area contributed by atoms with E-state index in [0.717, 1.165) is 0 Å². The first-order valence-corrected chi connectivity index (χ1v) is 7.71. The molecule has 0 spiro atoms. The van der Waals surface area contributed by atoms with E-state index < -0.39 is 5.60 Å². The van der Waals surface area contributed by atoms with Gasteiger partial charge in [0.1, 0.15) is 5.75 Å². The lowest BCUT2D eigenvalue weighted by Crippen LogP contribution is -2.29. The van der Waals surface area contributed by atoms with Gasteiger partial charge in [0.15, 0.2) is 5.78 Å². The lowest BCUT2D eigenvalue weighted by molar-refractivity contribution is -0.110. The quantitative estimate of drug-likeness (QED) is 0.722. The number of nitrogens with zero attached hydrogens (tertiary/aromatic N) is 1. The van der Waals surface area contributed by atoms with Gasteiger partial charge < -0.3 is 10.2 Å². The highest BCUT2D eigenvalue weighted by Crippen LogP contribution is 2.36. The Morgan fingerprint density at radius 1 is 1.14 bits per heavy atom. The summed E-state index contributed by atoms with van der Waals surface area (Å²) in [6.45, 7) is 3.20. The first-order valence-electron chi connectivity index (χ1n) is 6.12. The number of phenols is 1. The summed E-state index contributed by atoms with van der Waals surface area (Å²) in [4.78, 5) is 15.9. The van der Waals surface area contributed by atoms with Gasteiger partial charge in [-0.1, -0.05) is 0 Å². The molecular weight excluding hydrogens is 402 g/mol. The normalized spacial score (nSPS) is 17.3. The molecule has 2 rings (SSSR count). The van der Waals surface area contributed by atoms with Crippen LogP contribution in [0.1, 0.15) is 13.8 Å². The number of ketones is 1. The maximum atomic E-state index is 11.5. The molecule has 0 atom stereocenters. The number of rotatable bonds is 2. The molecule has 6 heteroatoms. The van der Waals surface area contributed by atoms with Gasteiger partial charge in [-0.25, -0.2) is 4.99 Å². The van der Waals surface area contributed by atoms with Crippen molar-refractivity contribution in [2.75, 3.05) is 0 Å². The first-order chi connectivity index (χ1) is 9.68. The first kappa shape index (κ1) is 16.1. The number of carbonyl (C=O) groups excluding carboxylic acids is 1. The van der Waals surface area contributed by atoms with Crippen LogP contribution in [0.5, 0.6) is 5.75 Å². The highest BCUT2D eigenvalue weighted by molar-refractivity contribution is 9.11. The van der Waals surface area contributed by atoms with Gasteiger partial charge in [0.05, 0.1) is 25.9 Å². The molecular formula is C15H13Br2NO3. The average Bonchev–Trinajstić information content (AvgIpc) is 2.37. The Bertz CT molecular complexity index is 674. The molecule has 0 saturated heterocycles. The van der Waals surface area contributed by atoms with E-state index in [1.807, 2.05) is 0 Å². The summed E-state index contributed by atoms with van der Waals surface area (Å²) in [7, 11) is 0. The zero-order chi connectivity index (χ0) is 15.8. The molecule has 0 saturated carbocycles. The molecule has 0 aliphatic heterocycles. The Balaban J connectivity index is 2.51. The van der Waals surface area contributed by atoms with Crippen LogP contribution in [0.4, 0.5) is 5.69 Å². The Morgan fingerprint density at radius 2 is 1.71 bits per heavy atom. The molecule has 0 heterocycles. The van der Waals surface area contributed by atoms with E-state index in [9.17, 15) is 15.0 Å². The second kappa shape index (κ2) is 5.87. The highest BCUT2D eigenvalue weighted by Gasteiger charge is 2.26. The average molecular weight is 415 g/mol. The molecule has 110 valence electrons. The molecule has 21 heavy (non-hydrogen) atoms. The smallest absolute Gasteiger partial charge is 0.179 e. The third-order valence-electron chi connectivity index (χ3n) is 2.88. The van der Waals surface area contributed by atoms with Gasteiger partial charge in [-0.15, -0.1) is 0 Å². The van der Waals surface area contributed by atoms with Gasteiger partial charge in [0.2, 0.25) is 0 Å². The minimum Gasteiger partial charge on any atom is -0.506 e. The third-order valence-corrected chi connectivity index (χ3v) is 4.09. The van der Waals surface area contributed by atoms with Gasteiger partial charge >= 0.3 is 0 Å².